The van der Waals surface area contributed by atoms with Gasteiger partial charge in [-0.05, 0) is 58.3 Å². The molecule has 2 saturated heterocycles. The molecule has 0 unspecified atom stereocenters. The smallest absolute Gasteiger partial charge is 0.276 e. The molecule has 9 nitrogen and oxygen atoms in total. The van der Waals surface area contributed by atoms with Crippen LogP contribution >= 0.6 is 11.3 Å². The Hall–Kier alpha value is -3.08. The highest BCUT2D eigenvalue weighted by Crippen LogP contribution is 2.33. The molecule has 10 heteroatoms. The van der Waals surface area contributed by atoms with E-state index in [0.717, 1.165) is 25.2 Å². The molecule has 3 aromatic rings. The molecule has 0 bridgehead atoms. The van der Waals surface area contributed by atoms with Crippen LogP contribution in [0.25, 0.3) is 16.0 Å². The predicted molar refractivity (Wildman–Crippen MR) is 137 cm³/mol. The number of rotatable bonds is 6. The summed E-state index contributed by atoms with van der Waals surface area (Å²) in [7, 11) is 0. The van der Waals surface area contributed by atoms with Gasteiger partial charge in [-0.15, -0.1) is 0 Å². The number of benzene rings is 1. The fourth-order valence-corrected chi connectivity index (χ4v) is 5.77. The van der Waals surface area contributed by atoms with Crippen LogP contribution in [0.4, 0.5) is 5.13 Å². The first kappa shape index (κ1) is 23.7. The van der Waals surface area contributed by atoms with Crippen LogP contribution in [0.5, 0.6) is 0 Å². The molecule has 2 N–H and O–H groups in total. The van der Waals surface area contributed by atoms with Crippen molar-refractivity contribution in [2.45, 2.75) is 45.3 Å². The summed E-state index contributed by atoms with van der Waals surface area (Å²) in [5.41, 5.74) is 2.98. The summed E-state index contributed by atoms with van der Waals surface area (Å²) in [5.74, 6) is -0.492. The van der Waals surface area contributed by atoms with Crippen molar-refractivity contribution in [2.75, 3.05) is 31.5 Å². The van der Waals surface area contributed by atoms with Crippen molar-refractivity contribution in [1.82, 2.24) is 24.6 Å². The average Bonchev–Trinajstić information content (AvgIpc) is 3.59. The first-order valence-corrected chi connectivity index (χ1v) is 12.8. The van der Waals surface area contributed by atoms with Crippen LogP contribution in [-0.4, -0.2) is 79.8 Å². The first-order chi connectivity index (χ1) is 16.8. The maximum absolute atomic E-state index is 13.7. The number of carbonyl (C=O) groups excluding carboxylic acids is 2. The van der Waals surface area contributed by atoms with Gasteiger partial charge in [-0.2, -0.15) is 10.1 Å². The zero-order valence-corrected chi connectivity index (χ0v) is 20.8. The Kier molecular flexibility index (Phi) is 6.43. The summed E-state index contributed by atoms with van der Waals surface area (Å²) in [4.78, 5) is 35.1. The molecule has 2 amide bonds. The second-order valence-corrected chi connectivity index (χ2v) is 10.5. The van der Waals surface area contributed by atoms with Crippen LogP contribution in [0.2, 0.25) is 0 Å². The van der Waals surface area contributed by atoms with Crippen LogP contribution in [0.1, 0.15) is 52.6 Å². The number of aliphatic hydroxyl groups is 1. The number of aromatic nitrogens is 3. The predicted octanol–water partition coefficient (Wildman–Crippen LogP) is 3.22. The minimum Gasteiger partial charge on any atom is -0.391 e. The molecule has 35 heavy (non-hydrogen) atoms. The SMILES string of the molecule is C=C(C)n1nc(C(=O)N2C[C@@H](O)C[C@H]2CN2CCCC2)c2sc(NC(=O)c3ccc(C)cc3)nc21. The zero-order chi connectivity index (χ0) is 24.7. The molecule has 0 aliphatic carbocycles. The molecule has 0 radical (unpaired) electrons. The highest BCUT2D eigenvalue weighted by atomic mass is 32.1. The van der Waals surface area contributed by atoms with Gasteiger partial charge >= 0.3 is 0 Å². The van der Waals surface area contributed by atoms with Crippen LogP contribution in [0.3, 0.4) is 0 Å². The number of allylic oxidation sites excluding steroid dienone is 1. The third-order valence-electron chi connectivity index (χ3n) is 6.64. The van der Waals surface area contributed by atoms with E-state index in [1.165, 1.54) is 24.2 Å². The second kappa shape index (κ2) is 9.52. The molecule has 2 aliphatic heterocycles. The van der Waals surface area contributed by atoms with E-state index in [1.807, 2.05) is 19.1 Å². The Balaban J connectivity index is 1.43. The van der Waals surface area contributed by atoms with Gasteiger partial charge < -0.3 is 14.9 Å². The number of hydrogen-bond acceptors (Lipinski definition) is 7. The van der Waals surface area contributed by atoms with Gasteiger partial charge in [0.15, 0.2) is 16.5 Å². The number of nitrogens with zero attached hydrogens (tertiary/aromatic N) is 5. The lowest BCUT2D eigenvalue weighted by Gasteiger charge is -2.27. The van der Waals surface area contributed by atoms with E-state index < -0.39 is 6.10 Å². The molecule has 2 aliphatic rings. The lowest BCUT2D eigenvalue weighted by molar-refractivity contribution is 0.0688. The Morgan fingerprint density at radius 3 is 2.63 bits per heavy atom. The fourth-order valence-electron chi connectivity index (χ4n) is 4.85. The van der Waals surface area contributed by atoms with Crippen LogP contribution in [0.15, 0.2) is 30.8 Å². The largest absolute Gasteiger partial charge is 0.391 e. The maximum atomic E-state index is 13.7. The van der Waals surface area contributed by atoms with Gasteiger partial charge in [0.25, 0.3) is 11.8 Å². The Bertz CT molecular complexity index is 1270. The molecule has 2 aromatic heterocycles. The molecule has 2 atom stereocenters. The highest BCUT2D eigenvalue weighted by Gasteiger charge is 2.38. The summed E-state index contributed by atoms with van der Waals surface area (Å²) in [6.07, 6.45) is 2.36. The second-order valence-electron chi connectivity index (χ2n) is 9.50. The van der Waals surface area contributed by atoms with E-state index in [9.17, 15) is 14.7 Å². The van der Waals surface area contributed by atoms with Crippen LogP contribution in [-0.2, 0) is 0 Å². The number of aliphatic hydroxyl groups excluding tert-OH is 1. The normalized spacial score (nSPS) is 20.6. The van der Waals surface area contributed by atoms with Gasteiger partial charge in [-0.25, -0.2) is 4.68 Å². The number of carbonyl (C=O) groups is 2. The Morgan fingerprint density at radius 1 is 1.23 bits per heavy atom. The number of hydrogen-bond donors (Lipinski definition) is 2. The van der Waals surface area contributed by atoms with Crippen molar-refractivity contribution in [3.05, 3.63) is 47.7 Å². The van der Waals surface area contributed by atoms with Gasteiger partial charge in [-0.1, -0.05) is 35.6 Å². The molecule has 4 heterocycles. The first-order valence-electron chi connectivity index (χ1n) is 11.9. The number of amides is 2. The summed E-state index contributed by atoms with van der Waals surface area (Å²) in [6, 6.07) is 7.23. The number of β-amino-alcohol motifs (C(OH)–C–C–N with tert-alkyl or cyclic N) is 1. The van der Waals surface area contributed by atoms with Crippen molar-refractivity contribution < 1.29 is 14.7 Å². The third kappa shape index (κ3) is 4.73. The Morgan fingerprint density at radius 2 is 1.94 bits per heavy atom. The van der Waals surface area contributed by atoms with Crippen LogP contribution in [0, 0.1) is 6.92 Å². The number of likely N-dealkylation sites (tertiary alicyclic amines) is 2. The standard InChI is InChI=1S/C25H30N6O3S/c1-15(2)31-22-21(35-25(26-22)27-23(33)17-8-6-16(3)7-9-17)20(28-31)24(34)30-14-19(32)12-18(30)13-29-10-4-5-11-29/h6-9,18-19,32H,1,4-5,10-14H2,2-3H3,(H,26,27,33)/t18-,19-/m0/s1. The topological polar surface area (TPSA) is 104 Å². The number of nitrogens with one attached hydrogen (secondary N) is 1. The van der Waals surface area contributed by atoms with Gasteiger partial charge in [0.1, 0.15) is 4.70 Å². The maximum Gasteiger partial charge on any atom is 0.276 e. The summed E-state index contributed by atoms with van der Waals surface area (Å²) >= 11 is 1.22. The van der Waals surface area contributed by atoms with E-state index in [-0.39, 0.29) is 30.1 Å². The van der Waals surface area contributed by atoms with E-state index in [4.69, 9.17) is 0 Å². The number of fused-ring (bicyclic) bond motifs is 1. The minimum absolute atomic E-state index is 0.0609. The lowest BCUT2D eigenvalue weighted by atomic mass is 10.1. The van der Waals surface area contributed by atoms with Crippen molar-refractivity contribution >= 4 is 44.3 Å². The highest BCUT2D eigenvalue weighted by molar-refractivity contribution is 7.22. The van der Waals surface area contributed by atoms with Crippen molar-refractivity contribution in [3.63, 3.8) is 0 Å². The Labute approximate surface area is 208 Å². The van der Waals surface area contributed by atoms with E-state index >= 15 is 0 Å². The monoisotopic (exact) mass is 494 g/mol. The van der Waals surface area contributed by atoms with Crippen molar-refractivity contribution in [3.8, 4) is 0 Å². The van der Waals surface area contributed by atoms with Gasteiger partial charge in [0, 0.05) is 30.4 Å². The van der Waals surface area contributed by atoms with Gasteiger partial charge in [-0.3, -0.25) is 14.9 Å². The summed E-state index contributed by atoms with van der Waals surface area (Å²) in [5, 5.41) is 18.1. The van der Waals surface area contributed by atoms with Crippen molar-refractivity contribution in [1.29, 1.82) is 0 Å². The zero-order valence-electron chi connectivity index (χ0n) is 20.0. The van der Waals surface area contributed by atoms with Crippen molar-refractivity contribution in [2.24, 2.45) is 0 Å². The van der Waals surface area contributed by atoms with E-state index in [2.05, 4.69) is 26.9 Å². The number of thiazole rings is 1. The quantitative estimate of drug-likeness (QED) is 0.545. The third-order valence-corrected chi connectivity index (χ3v) is 7.61. The summed E-state index contributed by atoms with van der Waals surface area (Å²) in [6.45, 7) is 10.8. The molecule has 184 valence electrons. The number of anilines is 1. The van der Waals surface area contributed by atoms with E-state index in [1.54, 1.807) is 28.6 Å². The molecule has 1 aromatic carbocycles. The van der Waals surface area contributed by atoms with Gasteiger partial charge in [0.2, 0.25) is 0 Å². The van der Waals surface area contributed by atoms with Crippen LogP contribution < -0.4 is 5.32 Å². The molecule has 5 rings (SSSR count). The molecular weight excluding hydrogens is 464 g/mol. The van der Waals surface area contributed by atoms with E-state index in [0.29, 0.717) is 33.2 Å². The molecule has 0 saturated carbocycles. The lowest BCUT2D eigenvalue weighted by Crippen LogP contribution is -2.42. The average molecular weight is 495 g/mol. The minimum atomic E-state index is -0.545. The molecule has 2 fully saturated rings. The fraction of sp³-hybridized carbons (Fsp3) is 0.440. The molecule has 0 spiro atoms. The summed E-state index contributed by atoms with van der Waals surface area (Å²) < 4.78 is 2.14. The van der Waals surface area contributed by atoms with Gasteiger partial charge in [0.05, 0.1) is 6.10 Å². The molecular formula is C25H30N6O3S. The number of aryl methyl sites for hydroxylation is 1.